The van der Waals surface area contributed by atoms with E-state index in [0.29, 0.717) is 0 Å². The highest BCUT2D eigenvalue weighted by Gasteiger charge is 2.54. The number of hydrogen-bond acceptors (Lipinski definition) is 6. The third-order valence-electron chi connectivity index (χ3n) is 17.6. The van der Waals surface area contributed by atoms with E-state index in [9.17, 15) is 0 Å². The molecule has 3 aliphatic rings. The van der Waals surface area contributed by atoms with Crippen LogP contribution in [0.5, 0.6) is 0 Å². The van der Waals surface area contributed by atoms with Crippen LogP contribution in [0.1, 0.15) is 83.1 Å². The van der Waals surface area contributed by atoms with Gasteiger partial charge in [0.25, 0.3) is 0 Å². The summed E-state index contributed by atoms with van der Waals surface area (Å²) in [6.07, 6.45) is 0. The van der Waals surface area contributed by atoms with Crippen molar-refractivity contribution < 1.29 is 27.9 Å². The topological polar surface area (TPSA) is 60.3 Å². The molecule has 3 saturated heterocycles. The lowest BCUT2D eigenvalue weighted by Crippen LogP contribution is -2.41. The molecular formula is C66H66B3NO6. The standard InChI is InChI=1S/C66H66B3NO6/c1-61(2)62(3,4)72-67(71-61)48-37-31-45(32-38-48)55-56(43-23-15-13-16-24-43)59(47-35-41-50(42-36-47)69-75-65(9,10)66(11,12)76-69)60(70-53-29-21-19-27-51(53)52-28-20-22-30-54(52)70)58(44-25-17-14-18-26-44)57(55)46-33-39-49(40-34-46)68-73-63(5,6)64(7,8)74-68/h13-42H,1-12H3. The monoisotopic (exact) mass is 1000 g/mol. The fourth-order valence-electron chi connectivity index (χ4n) is 11.1. The fraction of sp³-hybridized carbons (Fsp3) is 0.273. The Morgan fingerprint density at radius 1 is 0.263 bits per heavy atom. The molecule has 0 saturated carbocycles. The van der Waals surface area contributed by atoms with Gasteiger partial charge in [-0.2, -0.15) is 0 Å². The number of nitrogens with zero attached hydrogens (tertiary/aromatic N) is 1. The van der Waals surface area contributed by atoms with Crippen molar-refractivity contribution in [2.45, 2.75) is 117 Å². The SMILES string of the molecule is CC1(C)OB(c2ccc(-c3c(-c4ccc(B5OC(C)(C)C(C)(C)O5)cc4)c(-c4ccccc4)c(-n4c5ccccc5c5ccccc54)c(-c4ccc(B5OC(C)(C)C(C)(C)O5)cc4)c3-c3ccccc3)cc2)OC1(C)C. The summed E-state index contributed by atoms with van der Waals surface area (Å²) in [7, 11) is -1.57. The summed E-state index contributed by atoms with van der Waals surface area (Å²) in [5.41, 5.74) is 14.0. The van der Waals surface area contributed by atoms with E-state index in [1.165, 1.54) is 10.8 Å². The number of hydrogen-bond donors (Lipinski definition) is 0. The van der Waals surface area contributed by atoms with Crippen molar-refractivity contribution >= 4 is 59.5 Å². The third kappa shape index (κ3) is 8.23. The molecule has 0 spiro atoms. The highest BCUT2D eigenvalue weighted by molar-refractivity contribution is 6.63. The van der Waals surface area contributed by atoms with Crippen LogP contribution in [0.2, 0.25) is 0 Å². The first kappa shape index (κ1) is 50.3. The minimum absolute atomic E-state index is 0.490. The molecule has 380 valence electrons. The van der Waals surface area contributed by atoms with E-state index in [4.69, 9.17) is 27.9 Å². The van der Waals surface area contributed by atoms with Gasteiger partial charge in [0.05, 0.1) is 50.3 Å². The highest BCUT2D eigenvalue weighted by atomic mass is 16.7. The van der Waals surface area contributed by atoms with Gasteiger partial charge in [0.2, 0.25) is 0 Å². The molecule has 12 rings (SSSR count). The van der Waals surface area contributed by atoms with Crippen LogP contribution < -0.4 is 16.4 Å². The van der Waals surface area contributed by atoms with E-state index < -0.39 is 55.0 Å². The fourth-order valence-corrected chi connectivity index (χ4v) is 11.1. The Morgan fingerprint density at radius 3 is 0.816 bits per heavy atom. The second-order valence-electron chi connectivity index (χ2n) is 24.0. The Labute approximate surface area is 449 Å². The molecule has 7 nitrogen and oxygen atoms in total. The molecule has 10 heteroatoms. The van der Waals surface area contributed by atoms with Gasteiger partial charge < -0.3 is 32.5 Å². The second-order valence-corrected chi connectivity index (χ2v) is 24.0. The maximum atomic E-state index is 6.66. The Balaban J connectivity index is 1.22. The van der Waals surface area contributed by atoms with Gasteiger partial charge in [0.15, 0.2) is 0 Å². The molecule has 3 aliphatic heterocycles. The minimum atomic E-state index is -0.523. The van der Waals surface area contributed by atoms with E-state index in [1.54, 1.807) is 0 Å². The van der Waals surface area contributed by atoms with Crippen molar-refractivity contribution in [2.24, 2.45) is 0 Å². The van der Waals surface area contributed by atoms with Crippen molar-refractivity contribution in [1.29, 1.82) is 0 Å². The van der Waals surface area contributed by atoms with Crippen LogP contribution in [0.3, 0.4) is 0 Å². The number of aromatic nitrogens is 1. The summed E-state index contributed by atoms with van der Waals surface area (Å²) < 4.78 is 42.4. The lowest BCUT2D eigenvalue weighted by molar-refractivity contribution is 0.00578. The molecule has 0 radical (unpaired) electrons. The molecular weight excluding hydrogens is 935 g/mol. The Bertz CT molecular complexity index is 3560. The van der Waals surface area contributed by atoms with Crippen LogP contribution in [-0.2, 0) is 27.9 Å². The lowest BCUT2D eigenvalue weighted by atomic mass is 9.74. The summed E-state index contributed by atoms with van der Waals surface area (Å²) in [6.45, 7) is 25.2. The average molecular weight is 1000 g/mol. The molecule has 1 aromatic heterocycles. The van der Waals surface area contributed by atoms with E-state index in [0.717, 1.165) is 88.7 Å². The van der Waals surface area contributed by atoms with Gasteiger partial charge in [-0.15, -0.1) is 0 Å². The van der Waals surface area contributed by atoms with Gasteiger partial charge >= 0.3 is 21.4 Å². The first-order valence-electron chi connectivity index (χ1n) is 26.9. The molecule has 0 aliphatic carbocycles. The van der Waals surface area contributed by atoms with Gasteiger partial charge in [-0.3, -0.25) is 0 Å². The van der Waals surface area contributed by atoms with Gasteiger partial charge in [-0.1, -0.05) is 170 Å². The van der Waals surface area contributed by atoms with Gasteiger partial charge in [-0.05, 0) is 145 Å². The zero-order valence-electron chi connectivity index (χ0n) is 45.9. The van der Waals surface area contributed by atoms with Gasteiger partial charge in [0, 0.05) is 33.0 Å². The molecule has 4 heterocycles. The Morgan fingerprint density at radius 2 is 0.500 bits per heavy atom. The van der Waals surface area contributed by atoms with Crippen molar-refractivity contribution in [2.75, 3.05) is 0 Å². The molecule has 8 aromatic carbocycles. The van der Waals surface area contributed by atoms with Gasteiger partial charge in [0.1, 0.15) is 0 Å². The molecule has 3 fully saturated rings. The zero-order valence-corrected chi connectivity index (χ0v) is 45.9. The van der Waals surface area contributed by atoms with Gasteiger partial charge in [-0.25, -0.2) is 0 Å². The van der Waals surface area contributed by atoms with Crippen LogP contribution >= 0.6 is 0 Å². The van der Waals surface area contributed by atoms with Crippen LogP contribution in [0.15, 0.2) is 182 Å². The first-order valence-corrected chi connectivity index (χ1v) is 26.9. The molecule has 0 N–H and O–H groups in total. The molecule has 0 atom stereocenters. The summed E-state index contributed by atoms with van der Waals surface area (Å²) in [4.78, 5) is 0. The summed E-state index contributed by atoms with van der Waals surface area (Å²) in [5, 5.41) is 2.35. The lowest BCUT2D eigenvalue weighted by Gasteiger charge is -2.32. The maximum absolute atomic E-state index is 6.66. The average Bonchev–Trinajstić information content (AvgIpc) is 4.07. The maximum Gasteiger partial charge on any atom is 0.494 e. The smallest absolute Gasteiger partial charge is 0.399 e. The largest absolute Gasteiger partial charge is 0.494 e. The molecule has 9 aromatic rings. The normalized spacial score (nSPS) is 19.0. The minimum Gasteiger partial charge on any atom is -0.399 e. The molecule has 0 amide bonds. The summed E-state index contributed by atoms with van der Waals surface area (Å²) in [6, 6.07) is 66.1. The quantitative estimate of drug-likeness (QED) is 0.134. The summed E-state index contributed by atoms with van der Waals surface area (Å²) >= 11 is 0. The molecule has 76 heavy (non-hydrogen) atoms. The first-order chi connectivity index (χ1) is 36.2. The van der Waals surface area contributed by atoms with Crippen LogP contribution in [0.4, 0.5) is 0 Å². The zero-order chi connectivity index (χ0) is 53.2. The number of para-hydroxylation sites is 2. The van der Waals surface area contributed by atoms with Crippen LogP contribution in [-0.4, -0.2) is 59.5 Å². The van der Waals surface area contributed by atoms with E-state index in [2.05, 4.69) is 270 Å². The second kappa shape index (κ2) is 18.1. The Kier molecular flexibility index (Phi) is 12.0. The predicted octanol–water partition coefficient (Wildman–Crippen LogP) is 14.0. The highest BCUT2D eigenvalue weighted by Crippen LogP contribution is 2.55. The Hall–Kier alpha value is -6.49. The van der Waals surface area contributed by atoms with E-state index in [1.807, 2.05) is 0 Å². The van der Waals surface area contributed by atoms with Crippen molar-refractivity contribution in [3.63, 3.8) is 0 Å². The molecule has 0 unspecified atom stereocenters. The van der Waals surface area contributed by atoms with E-state index >= 15 is 0 Å². The van der Waals surface area contributed by atoms with Crippen molar-refractivity contribution in [3.8, 4) is 61.3 Å². The van der Waals surface area contributed by atoms with Crippen LogP contribution in [0.25, 0.3) is 83.1 Å². The van der Waals surface area contributed by atoms with Crippen molar-refractivity contribution in [1.82, 2.24) is 4.57 Å². The number of rotatable bonds is 9. The number of fused-ring (bicyclic) bond motifs is 3. The van der Waals surface area contributed by atoms with Crippen molar-refractivity contribution in [3.05, 3.63) is 182 Å². The number of benzene rings is 8. The van der Waals surface area contributed by atoms with E-state index in [-0.39, 0.29) is 0 Å². The molecule has 0 bridgehead atoms. The van der Waals surface area contributed by atoms with Crippen LogP contribution in [0, 0.1) is 0 Å². The third-order valence-corrected chi connectivity index (χ3v) is 17.6. The predicted molar refractivity (Wildman–Crippen MR) is 315 cm³/mol. The summed E-state index contributed by atoms with van der Waals surface area (Å²) in [5.74, 6) is 0.